The summed E-state index contributed by atoms with van der Waals surface area (Å²) in [5.41, 5.74) is -0.199. The lowest BCUT2D eigenvalue weighted by Gasteiger charge is -2.04. The zero-order valence-electron chi connectivity index (χ0n) is 12.1. The topological polar surface area (TPSA) is 39.8 Å². The molecule has 0 aliphatic heterocycles. The van der Waals surface area contributed by atoms with E-state index in [4.69, 9.17) is 11.6 Å². The normalized spacial score (nSPS) is 11.0. The van der Waals surface area contributed by atoms with Crippen LogP contribution in [-0.4, -0.2) is 14.3 Å². The summed E-state index contributed by atoms with van der Waals surface area (Å²) < 4.78 is 30.0. The summed E-state index contributed by atoms with van der Waals surface area (Å²) >= 11 is 5.71. The van der Waals surface area contributed by atoms with Crippen molar-refractivity contribution in [2.24, 2.45) is 0 Å². The van der Waals surface area contributed by atoms with Crippen molar-refractivity contribution in [3.8, 4) is 5.69 Å². The maximum Gasteiger partial charge on any atom is 0.351 e. The molecule has 0 saturated heterocycles. The van der Waals surface area contributed by atoms with E-state index in [1.807, 2.05) is 0 Å². The summed E-state index contributed by atoms with van der Waals surface area (Å²) in [5.74, 6) is -0.716. The Morgan fingerprint density at radius 2 is 1.87 bits per heavy atom. The first-order valence-corrected chi connectivity index (χ1v) is 7.20. The Morgan fingerprint density at radius 3 is 2.57 bits per heavy atom. The molecule has 23 heavy (non-hydrogen) atoms. The van der Waals surface area contributed by atoms with Gasteiger partial charge < -0.3 is 0 Å². The van der Waals surface area contributed by atoms with E-state index in [9.17, 15) is 13.6 Å². The second kappa shape index (κ2) is 5.96. The van der Waals surface area contributed by atoms with Crippen LogP contribution in [0.2, 0.25) is 5.02 Å². The van der Waals surface area contributed by atoms with E-state index < -0.39 is 17.3 Å². The third-order valence-corrected chi connectivity index (χ3v) is 3.71. The van der Waals surface area contributed by atoms with E-state index in [0.29, 0.717) is 11.4 Å². The maximum atomic E-state index is 14.0. The molecule has 2 aromatic carbocycles. The van der Waals surface area contributed by atoms with Crippen LogP contribution in [0, 0.1) is 18.6 Å². The van der Waals surface area contributed by atoms with E-state index in [-0.39, 0.29) is 17.3 Å². The summed E-state index contributed by atoms with van der Waals surface area (Å²) in [5, 5.41) is 4.28. The fraction of sp³-hybridized carbons (Fsp3) is 0.125. The Morgan fingerprint density at radius 1 is 1.13 bits per heavy atom. The predicted octanol–water partition coefficient (Wildman–Crippen LogP) is 3.32. The molecule has 0 saturated carbocycles. The highest BCUT2D eigenvalue weighted by Crippen LogP contribution is 2.17. The number of hydrogen-bond donors (Lipinski definition) is 0. The van der Waals surface area contributed by atoms with Gasteiger partial charge in [-0.05, 0) is 31.2 Å². The monoisotopic (exact) mass is 335 g/mol. The van der Waals surface area contributed by atoms with Crippen LogP contribution in [0.4, 0.5) is 8.78 Å². The lowest BCUT2D eigenvalue weighted by Crippen LogP contribution is -2.25. The van der Waals surface area contributed by atoms with Crippen molar-refractivity contribution in [1.82, 2.24) is 14.3 Å². The molecule has 0 unspecified atom stereocenters. The molecule has 0 bridgehead atoms. The minimum Gasteiger partial charge on any atom is -0.274 e. The van der Waals surface area contributed by atoms with Gasteiger partial charge in [-0.3, -0.25) is 4.57 Å². The molecule has 3 aromatic rings. The van der Waals surface area contributed by atoms with E-state index in [1.54, 1.807) is 25.1 Å². The zero-order chi connectivity index (χ0) is 16.6. The molecule has 0 N–H and O–H groups in total. The van der Waals surface area contributed by atoms with Gasteiger partial charge in [0.2, 0.25) is 0 Å². The van der Waals surface area contributed by atoms with Gasteiger partial charge in [0, 0.05) is 10.6 Å². The number of rotatable bonds is 3. The molecule has 3 rings (SSSR count). The first-order chi connectivity index (χ1) is 11.0. The standard InChI is InChI=1S/C16H12ClF2N3O/c1-10-20-22(15-7-6-12(17)8-14(15)19)16(23)21(10)9-11-4-2-3-5-13(11)18/h2-8H,9H2,1H3. The molecule has 0 amide bonds. The highest BCUT2D eigenvalue weighted by atomic mass is 35.5. The summed E-state index contributed by atoms with van der Waals surface area (Å²) in [6.45, 7) is 1.62. The van der Waals surface area contributed by atoms with Gasteiger partial charge in [-0.15, -0.1) is 0 Å². The van der Waals surface area contributed by atoms with E-state index in [0.717, 1.165) is 10.7 Å². The maximum absolute atomic E-state index is 14.0. The Labute approximate surface area is 135 Å². The zero-order valence-corrected chi connectivity index (χ0v) is 12.9. The fourth-order valence-electron chi connectivity index (χ4n) is 2.28. The molecular formula is C16H12ClF2N3O. The lowest BCUT2D eigenvalue weighted by molar-refractivity contribution is 0.590. The van der Waals surface area contributed by atoms with Crippen molar-refractivity contribution in [2.45, 2.75) is 13.5 Å². The Bertz CT molecular complexity index is 933. The van der Waals surface area contributed by atoms with Crippen molar-refractivity contribution in [3.05, 3.63) is 81.0 Å². The Kier molecular flexibility index (Phi) is 4.00. The van der Waals surface area contributed by atoms with Crippen LogP contribution in [0.3, 0.4) is 0 Å². The number of hydrogen-bond acceptors (Lipinski definition) is 2. The molecule has 0 spiro atoms. The van der Waals surface area contributed by atoms with Gasteiger partial charge >= 0.3 is 5.69 Å². The molecule has 7 heteroatoms. The van der Waals surface area contributed by atoms with Crippen LogP contribution < -0.4 is 5.69 Å². The number of benzene rings is 2. The van der Waals surface area contributed by atoms with Crippen molar-refractivity contribution < 1.29 is 8.78 Å². The largest absolute Gasteiger partial charge is 0.351 e. The summed E-state index contributed by atoms with van der Waals surface area (Å²) in [6.07, 6.45) is 0. The molecule has 0 atom stereocenters. The van der Waals surface area contributed by atoms with Gasteiger partial charge in [0.1, 0.15) is 17.3 Å². The molecule has 118 valence electrons. The first-order valence-electron chi connectivity index (χ1n) is 6.82. The van der Waals surface area contributed by atoms with Crippen molar-refractivity contribution >= 4 is 11.6 Å². The van der Waals surface area contributed by atoms with Crippen LogP contribution in [-0.2, 0) is 6.54 Å². The first kappa shape index (κ1) is 15.4. The van der Waals surface area contributed by atoms with Crippen LogP contribution in [0.25, 0.3) is 5.69 Å². The molecular weight excluding hydrogens is 324 g/mol. The molecule has 0 aliphatic rings. The number of halogens is 3. The number of aryl methyl sites for hydroxylation is 1. The van der Waals surface area contributed by atoms with Crippen LogP contribution in [0.1, 0.15) is 11.4 Å². The Hall–Kier alpha value is -2.47. The number of aromatic nitrogens is 3. The molecule has 1 heterocycles. The lowest BCUT2D eigenvalue weighted by atomic mass is 10.2. The average molecular weight is 336 g/mol. The van der Waals surface area contributed by atoms with Crippen LogP contribution in [0.15, 0.2) is 47.3 Å². The van der Waals surface area contributed by atoms with Gasteiger partial charge in [-0.1, -0.05) is 29.8 Å². The SMILES string of the molecule is Cc1nn(-c2ccc(Cl)cc2F)c(=O)n1Cc1ccccc1F. The van der Waals surface area contributed by atoms with E-state index >= 15 is 0 Å². The molecule has 4 nitrogen and oxygen atoms in total. The minimum atomic E-state index is -0.657. The van der Waals surface area contributed by atoms with Crippen LogP contribution in [0.5, 0.6) is 0 Å². The average Bonchev–Trinajstić information content (AvgIpc) is 2.77. The third kappa shape index (κ3) is 2.90. The van der Waals surface area contributed by atoms with Crippen molar-refractivity contribution in [3.63, 3.8) is 0 Å². The summed E-state index contributed by atoms with van der Waals surface area (Å²) in [6, 6.07) is 10.1. The minimum absolute atomic E-state index is 0.00483. The summed E-state index contributed by atoms with van der Waals surface area (Å²) in [7, 11) is 0. The van der Waals surface area contributed by atoms with Gasteiger partial charge in [0.25, 0.3) is 0 Å². The molecule has 0 fully saturated rings. The van der Waals surface area contributed by atoms with Gasteiger partial charge in [-0.2, -0.15) is 9.78 Å². The van der Waals surface area contributed by atoms with Gasteiger partial charge in [0.05, 0.1) is 6.54 Å². The van der Waals surface area contributed by atoms with E-state index in [1.165, 1.54) is 22.8 Å². The van der Waals surface area contributed by atoms with Gasteiger partial charge in [-0.25, -0.2) is 13.6 Å². The third-order valence-electron chi connectivity index (χ3n) is 3.47. The molecule has 1 aromatic heterocycles. The predicted molar refractivity (Wildman–Crippen MR) is 83.0 cm³/mol. The highest BCUT2D eigenvalue weighted by Gasteiger charge is 2.16. The molecule has 0 aliphatic carbocycles. The summed E-state index contributed by atoms with van der Waals surface area (Å²) in [4.78, 5) is 12.5. The van der Waals surface area contributed by atoms with Crippen LogP contribution >= 0.6 is 11.6 Å². The molecule has 0 radical (unpaired) electrons. The fourth-order valence-corrected chi connectivity index (χ4v) is 2.44. The van der Waals surface area contributed by atoms with Gasteiger partial charge in [0.15, 0.2) is 5.82 Å². The number of nitrogens with zero attached hydrogens (tertiary/aromatic N) is 3. The van der Waals surface area contributed by atoms with E-state index in [2.05, 4.69) is 5.10 Å². The second-order valence-electron chi connectivity index (χ2n) is 5.01. The Balaban J connectivity index is 2.07. The quantitative estimate of drug-likeness (QED) is 0.736. The highest BCUT2D eigenvalue weighted by molar-refractivity contribution is 6.30. The van der Waals surface area contributed by atoms with Crippen molar-refractivity contribution in [2.75, 3.05) is 0 Å². The van der Waals surface area contributed by atoms with Crippen molar-refractivity contribution in [1.29, 1.82) is 0 Å². The smallest absolute Gasteiger partial charge is 0.274 e. The second-order valence-corrected chi connectivity index (χ2v) is 5.45.